The minimum Gasteiger partial charge on any atom is -0.366 e. The maximum Gasteiger partial charge on any atom is 0.279 e. The summed E-state index contributed by atoms with van der Waals surface area (Å²) in [5, 5.41) is 19.1. The molecule has 0 aliphatic rings. The van der Waals surface area contributed by atoms with E-state index in [2.05, 4.69) is 41.4 Å². The van der Waals surface area contributed by atoms with Gasteiger partial charge in [-0.05, 0) is 46.0 Å². The lowest BCUT2D eigenvalue weighted by Crippen LogP contribution is -2.38. The van der Waals surface area contributed by atoms with Gasteiger partial charge in [-0.2, -0.15) is 5.10 Å². The van der Waals surface area contributed by atoms with E-state index in [1.165, 1.54) is 6.08 Å². The zero-order valence-electron chi connectivity index (χ0n) is 27.3. The van der Waals surface area contributed by atoms with Crippen LogP contribution in [0.5, 0.6) is 0 Å². The number of aromatic nitrogens is 3. The number of primary amides is 1. The van der Waals surface area contributed by atoms with Gasteiger partial charge in [0.25, 0.3) is 5.69 Å². The molecule has 0 fully saturated rings. The van der Waals surface area contributed by atoms with Crippen molar-refractivity contribution in [3.05, 3.63) is 202 Å². The molecule has 0 radical (unpaired) electrons. The summed E-state index contributed by atoms with van der Waals surface area (Å²) in [5.74, 6) is -1.09. The highest BCUT2D eigenvalue weighted by Crippen LogP contribution is 2.46. The van der Waals surface area contributed by atoms with Crippen molar-refractivity contribution in [1.29, 1.82) is 0 Å². The molecule has 244 valence electrons. The van der Waals surface area contributed by atoms with E-state index < -0.39 is 22.3 Å². The molecule has 2 N–H and O–H groups in total. The van der Waals surface area contributed by atoms with Crippen molar-refractivity contribution in [3.8, 4) is 11.3 Å². The Hall–Kier alpha value is -6.67. The molecule has 5 aromatic carbocycles. The molecule has 8 heteroatoms. The molecule has 0 saturated heterocycles. The molecule has 7 rings (SSSR count). The molecule has 1 amide bonds. The summed E-state index contributed by atoms with van der Waals surface area (Å²) in [5.41, 5.74) is 10.8. The molecule has 0 aliphatic carbocycles. The summed E-state index contributed by atoms with van der Waals surface area (Å²) < 4.78 is 1.91. The van der Waals surface area contributed by atoms with Crippen LogP contribution in [0, 0.1) is 10.1 Å². The van der Waals surface area contributed by atoms with Crippen LogP contribution in [0.2, 0.25) is 0 Å². The second-order valence-corrected chi connectivity index (χ2v) is 12.1. The molecule has 8 nitrogen and oxygen atoms in total. The number of rotatable bonds is 10. The lowest BCUT2D eigenvalue weighted by atomic mass is 9.77. The van der Waals surface area contributed by atoms with Crippen molar-refractivity contribution >= 4 is 28.1 Å². The number of nitrogens with zero attached hydrogens (tertiary/aromatic N) is 4. The average molecular weight is 656 g/mol. The molecule has 7 aromatic rings. The van der Waals surface area contributed by atoms with Crippen molar-refractivity contribution in [2.45, 2.75) is 18.4 Å². The van der Waals surface area contributed by atoms with Gasteiger partial charge in [-0.1, -0.05) is 128 Å². The average Bonchev–Trinajstić information content (AvgIpc) is 3.54. The number of hydrogen-bond donors (Lipinski definition) is 1. The number of benzene rings is 5. The maximum atomic E-state index is 13.1. The zero-order chi connectivity index (χ0) is 34.7. The van der Waals surface area contributed by atoms with Crippen LogP contribution in [0.15, 0.2) is 164 Å². The monoisotopic (exact) mass is 655 g/mol. The zero-order valence-corrected chi connectivity index (χ0v) is 27.3. The van der Waals surface area contributed by atoms with Crippen LogP contribution in [0.3, 0.4) is 0 Å². The summed E-state index contributed by atoms with van der Waals surface area (Å²) >= 11 is 0. The van der Waals surface area contributed by atoms with E-state index in [1.807, 2.05) is 109 Å². The number of carbonyl (C=O) groups excluding carboxylic acids is 1. The van der Waals surface area contributed by atoms with Gasteiger partial charge in [0.15, 0.2) is 0 Å². The van der Waals surface area contributed by atoms with Crippen LogP contribution in [0.4, 0.5) is 5.69 Å². The number of nitro groups is 1. The van der Waals surface area contributed by atoms with Gasteiger partial charge >= 0.3 is 0 Å². The molecular formula is C42H33N5O3. The Balaban J connectivity index is 1.64. The minimum absolute atomic E-state index is 0.168. The fraction of sp³-hybridized carbons (Fsp3) is 0.0714. The van der Waals surface area contributed by atoms with Gasteiger partial charge in [0, 0.05) is 41.4 Å². The predicted molar refractivity (Wildman–Crippen MR) is 196 cm³/mol. The van der Waals surface area contributed by atoms with E-state index in [4.69, 9.17) is 10.8 Å². The van der Waals surface area contributed by atoms with E-state index in [1.54, 1.807) is 24.5 Å². The highest BCUT2D eigenvalue weighted by Gasteiger charge is 2.41. The van der Waals surface area contributed by atoms with E-state index in [9.17, 15) is 14.9 Å². The first-order valence-corrected chi connectivity index (χ1v) is 16.2. The first-order chi connectivity index (χ1) is 24.4. The largest absolute Gasteiger partial charge is 0.366 e. The van der Waals surface area contributed by atoms with Crippen LogP contribution < -0.4 is 5.73 Å². The summed E-state index contributed by atoms with van der Waals surface area (Å²) in [4.78, 5) is 29.4. The third kappa shape index (κ3) is 5.62. The normalized spacial score (nSPS) is 12.5. The molecule has 2 aromatic heterocycles. The van der Waals surface area contributed by atoms with Crippen LogP contribution in [0.25, 0.3) is 27.7 Å². The van der Waals surface area contributed by atoms with Crippen molar-refractivity contribution < 1.29 is 9.72 Å². The second-order valence-electron chi connectivity index (χ2n) is 12.1. The second kappa shape index (κ2) is 13.4. The van der Waals surface area contributed by atoms with Crippen LogP contribution in [-0.4, -0.2) is 25.6 Å². The Morgan fingerprint density at radius 3 is 1.76 bits per heavy atom. The van der Waals surface area contributed by atoms with Crippen LogP contribution in [0.1, 0.15) is 40.7 Å². The first kappa shape index (κ1) is 31.9. The standard InChI is InChI=1S/C42H33N5O3/c1-29(30-14-6-2-7-15-30)35(27-40(43)48)36-26-37-38(28-39(36)47(49)50)46(45-41(37)31-22-24-44-25-23-31)42(32-16-8-3-9-17-32,33-18-10-4-11-19-33)34-20-12-5-13-21-34/h2-29H,1H3,(H2,43,48)/t29-/m1/s1. The minimum atomic E-state index is -1.05. The highest BCUT2D eigenvalue weighted by molar-refractivity contribution is 6.02. The number of nitrogens with two attached hydrogens (primary N) is 1. The number of carbonyl (C=O) groups is 1. The van der Waals surface area contributed by atoms with Gasteiger partial charge in [-0.3, -0.25) is 19.9 Å². The smallest absolute Gasteiger partial charge is 0.279 e. The lowest BCUT2D eigenvalue weighted by Gasteiger charge is -2.37. The summed E-state index contributed by atoms with van der Waals surface area (Å²) in [7, 11) is 0. The molecule has 1 atom stereocenters. The van der Waals surface area contributed by atoms with E-state index >= 15 is 0 Å². The van der Waals surface area contributed by atoms with Gasteiger partial charge < -0.3 is 5.73 Å². The number of pyridine rings is 1. The maximum absolute atomic E-state index is 13.1. The topological polar surface area (TPSA) is 117 Å². The van der Waals surface area contributed by atoms with E-state index in [-0.39, 0.29) is 11.3 Å². The van der Waals surface area contributed by atoms with E-state index in [0.717, 1.165) is 27.8 Å². The molecular weight excluding hydrogens is 622 g/mol. The Kier molecular flexibility index (Phi) is 8.58. The molecule has 50 heavy (non-hydrogen) atoms. The quantitative estimate of drug-likeness (QED) is 0.0686. The Morgan fingerprint density at radius 2 is 1.28 bits per heavy atom. The molecule has 2 heterocycles. The van der Waals surface area contributed by atoms with Crippen LogP contribution >= 0.6 is 0 Å². The third-order valence-electron chi connectivity index (χ3n) is 9.22. The van der Waals surface area contributed by atoms with Crippen molar-refractivity contribution in [1.82, 2.24) is 14.8 Å². The molecule has 0 spiro atoms. The molecule has 0 saturated carbocycles. The number of hydrogen-bond acceptors (Lipinski definition) is 5. The Labute approximate surface area is 289 Å². The summed E-state index contributed by atoms with van der Waals surface area (Å²) in [6.07, 6.45) is 4.69. The highest BCUT2D eigenvalue weighted by atomic mass is 16.6. The van der Waals surface area contributed by atoms with Crippen molar-refractivity contribution in [2.24, 2.45) is 5.73 Å². The van der Waals surface area contributed by atoms with Gasteiger partial charge in [0.2, 0.25) is 5.91 Å². The van der Waals surface area contributed by atoms with Crippen LogP contribution in [-0.2, 0) is 10.3 Å². The predicted octanol–water partition coefficient (Wildman–Crippen LogP) is 8.52. The third-order valence-corrected chi connectivity index (χ3v) is 9.22. The van der Waals surface area contributed by atoms with Gasteiger partial charge in [0.1, 0.15) is 11.2 Å². The fourth-order valence-electron chi connectivity index (χ4n) is 6.93. The summed E-state index contributed by atoms with van der Waals surface area (Å²) in [6, 6.07) is 46.8. The number of allylic oxidation sites excluding steroid dienone is 1. The van der Waals surface area contributed by atoms with Crippen molar-refractivity contribution in [2.75, 3.05) is 0 Å². The Bertz CT molecular complexity index is 2230. The van der Waals surface area contributed by atoms with Crippen molar-refractivity contribution in [3.63, 3.8) is 0 Å². The lowest BCUT2D eigenvalue weighted by molar-refractivity contribution is -0.385. The van der Waals surface area contributed by atoms with E-state index in [0.29, 0.717) is 22.2 Å². The van der Waals surface area contributed by atoms with Gasteiger partial charge in [-0.25, -0.2) is 4.68 Å². The fourth-order valence-corrected chi connectivity index (χ4v) is 6.93. The van der Waals surface area contributed by atoms with Gasteiger partial charge in [0.05, 0.1) is 16.0 Å². The Morgan fingerprint density at radius 1 is 0.780 bits per heavy atom. The number of amides is 1. The first-order valence-electron chi connectivity index (χ1n) is 16.2. The van der Waals surface area contributed by atoms with Gasteiger partial charge in [-0.15, -0.1) is 0 Å². The molecule has 0 aliphatic heterocycles. The molecule has 0 unspecified atom stereocenters. The number of fused-ring (bicyclic) bond motifs is 1. The molecule has 0 bridgehead atoms. The SMILES string of the molecule is C[C@@H](C(=CC(N)=O)c1cc2c(-c3ccncc3)nn(C(c3ccccc3)(c3ccccc3)c3ccccc3)c2cc1[N+](=O)[O-])c1ccccc1. The number of nitro benzene ring substituents is 1. The summed E-state index contributed by atoms with van der Waals surface area (Å²) in [6.45, 7) is 1.91.